The Morgan fingerprint density at radius 2 is 2.06 bits per heavy atom. The molecule has 5 N–H and O–H groups in total. The molecule has 0 radical (unpaired) electrons. The van der Waals surface area contributed by atoms with Crippen molar-refractivity contribution in [2.45, 2.75) is 28.7 Å². The summed E-state index contributed by atoms with van der Waals surface area (Å²) >= 11 is 4.20. The third kappa shape index (κ3) is 4.33. The predicted molar refractivity (Wildman–Crippen MR) is 120 cm³/mol. The molecule has 2 aliphatic rings. The number of aromatic hydroxyl groups is 1. The number of nitrogens with zero attached hydrogens (tertiary/aromatic N) is 3. The second-order valence-corrected chi connectivity index (χ2v) is 10.6. The van der Waals surface area contributed by atoms with E-state index in [0.29, 0.717) is 22.6 Å². The zero-order valence-electron chi connectivity index (χ0n) is 16.7. The van der Waals surface area contributed by atoms with Crippen molar-refractivity contribution >= 4 is 52.6 Å². The number of aromatic nitrogens is 2. The van der Waals surface area contributed by atoms with Crippen LogP contribution in [-0.4, -0.2) is 66.0 Å². The van der Waals surface area contributed by atoms with Gasteiger partial charge in [0.05, 0.1) is 0 Å². The highest BCUT2D eigenvalue weighted by Gasteiger charge is 2.54. The van der Waals surface area contributed by atoms with E-state index in [4.69, 9.17) is 5.73 Å². The number of hydrogen-bond acceptors (Lipinski definition) is 10. The summed E-state index contributed by atoms with van der Waals surface area (Å²) in [7, 11) is 0. The average Bonchev–Trinajstić information content (AvgIpc) is 3.20. The minimum atomic E-state index is -1.18. The molecule has 0 aliphatic carbocycles. The van der Waals surface area contributed by atoms with Crippen molar-refractivity contribution in [3.05, 3.63) is 46.1 Å². The summed E-state index contributed by atoms with van der Waals surface area (Å²) in [6, 6.07) is 4.01. The van der Waals surface area contributed by atoms with Gasteiger partial charge < -0.3 is 21.3 Å². The Hall–Kier alpha value is -2.61. The molecule has 0 spiro atoms. The Morgan fingerprint density at radius 1 is 1.34 bits per heavy atom. The largest absolute Gasteiger partial charge is 0.508 e. The molecule has 1 unspecified atom stereocenters. The normalized spacial score (nSPS) is 21.1. The smallest absolute Gasteiger partial charge is 0.352 e. The van der Waals surface area contributed by atoms with Gasteiger partial charge in [0.2, 0.25) is 5.91 Å². The summed E-state index contributed by atoms with van der Waals surface area (Å²) in [6.45, 7) is 1.84. The Kier molecular flexibility index (Phi) is 6.42. The molecule has 3 atom stereocenters. The number of phenols is 1. The van der Waals surface area contributed by atoms with E-state index in [1.807, 2.05) is 6.92 Å². The fourth-order valence-corrected chi connectivity index (χ4v) is 6.66. The van der Waals surface area contributed by atoms with Gasteiger partial charge >= 0.3 is 5.97 Å². The molecule has 0 bridgehead atoms. The summed E-state index contributed by atoms with van der Waals surface area (Å²) in [5, 5.41) is 30.0. The van der Waals surface area contributed by atoms with Gasteiger partial charge in [-0.25, -0.2) is 4.79 Å². The zero-order valence-corrected chi connectivity index (χ0v) is 19.2. The molecule has 168 valence electrons. The molecule has 1 saturated heterocycles. The van der Waals surface area contributed by atoms with Gasteiger partial charge in [0, 0.05) is 11.5 Å². The Labute approximate surface area is 195 Å². The number of nitrogens with two attached hydrogens (primary N) is 1. The number of hydrogen-bond donors (Lipinski definition) is 4. The number of benzene rings is 1. The Balaban J connectivity index is 1.45. The van der Waals surface area contributed by atoms with Crippen molar-refractivity contribution in [3.63, 3.8) is 0 Å². The lowest BCUT2D eigenvalue weighted by Crippen LogP contribution is -2.71. The third-order valence-electron chi connectivity index (χ3n) is 4.96. The molecule has 32 heavy (non-hydrogen) atoms. The maximum Gasteiger partial charge on any atom is 0.352 e. The predicted octanol–water partition coefficient (Wildman–Crippen LogP) is 1.08. The van der Waals surface area contributed by atoms with Crippen LogP contribution in [0.2, 0.25) is 0 Å². The maximum absolute atomic E-state index is 12.8. The minimum Gasteiger partial charge on any atom is -0.508 e. The molecule has 2 aromatic rings. The monoisotopic (exact) mass is 493 g/mol. The lowest BCUT2D eigenvalue weighted by Gasteiger charge is -2.49. The minimum absolute atomic E-state index is 0.0409. The molecule has 13 heteroatoms. The second kappa shape index (κ2) is 9.10. The van der Waals surface area contributed by atoms with E-state index in [1.54, 1.807) is 0 Å². The van der Waals surface area contributed by atoms with Gasteiger partial charge in [-0.3, -0.25) is 14.5 Å². The third-order valence-corrected chi connectivity index (χ3v) is 8.36. The van der Waals surface area contributed by atoms with E-state index in [1.165, 1.54) is 64.0 Å². The van der Waals surface area contributed by atoms with Gasteiger partial charge in [0.1, 0.15) is 33.9 Å². The van der Waals surface area contributed by atoms with Crippen molar-refractivity contribution in [2.24, 2.45) is 5.73 Å². The number of carboxylic acid groups (broad SMARTS) is 1. The molecule has 1 aromatic carbocycles. The number of fused-ring (bicyclic) bond motifs is 1. The highest BCUT2D eigenvalue weighted by molar-refractivity contribution is 8.01. The van der Waals surface area contributed by atoms with Crippen LogP contribution in [0.1, 0.15) is 16.6 Å². The lowest BCUT2D eigenvalue weighted by atomic mass is 10.0. The number of nitrogens with one attached hydrogen (secondary N) is 1. The molecule has 10 nitrogen and oxygen atoms in total. The van der Waals surface area contributed by atoms with E-state index in [9.17, 15) is 24.6 Å². The SMILES string of the molecule is Cc1nnc(SCC2=C(C(=O)O)N3C(=O)C(NC(=O)[C@H](N)c4ccc(O)cc4)[C@H]3SC2)s1. The van der Waals surface area contributed by atoms with Crippen LogP contribution in [0.4, 0.5) is 0 Å². The van der Waals surface area contributed by atoms with Crippen LogP contribution in [0.15, 0.2) is 39.9 Å². The van der Waals surface area contributed by atoms with Crippen LogP contribution in [0.5, 0.6) is 5.75 Å². The van der Waals surface area contributed by atoms with Gasteiger partial charge in [-0.15, -0.1) is 22.0 Å². The summed E-state index contributed by atoms with van der Waals surface area (Å²) in [4.78, 5) is 38.5. The van der Waals surface area contributed by atoms with E-state index in [-0.39, 0.29) is 11.4 Å². The second-order valence-electron chi connectivity index (χ2n) is 7.10. The number of carboxylic acids is 1. The highest BCUT2D eigenvalue weighted by atomic mass is 32.2. The lowest BCUT2D eigenvalue weighted by molar-refractivity contribution is -0.150. The fraction of sp³-hybridized carbons (Fsp3) is 0.316. The number of rotatable bonds is 7. The first-order valence-electron chi connectivity index (χ1n) is 9.44. The molecule has 3 heterocycles. The molecular formula is C19H19N5O5S3. The van der Waals surface area contributed by atoms with Crippen molar-refractivity contribution in [1.29, 1.82) is 0 Å². The molecule has 1 fully saturated rings. The van der Waals surface area contributed by atoms with Crippen LogP contribution < -0.4 is 11.1 Å². The van der Waals surface area contributed by atoms with Gasteiger partial charge in [0.15, 0.2) is 4.34 Å². The van der Waals surface area contributed by atoms with Gasteiger partial charge in [-0.2, -0.15) is 0 Å². The molecule has 2 amide bonds. The van der Waals surface area contributed by atoms with Crippen LogP contribution in [-0.2, 0) is 14.4 Å². The number of carbonyl (C=O) groups is 3. The van der Waals surface area contributed by atoms with E-state index >= 15 is 0 Å². The molecule has 4 rings (SSSR count). The number of carbonyl (C=O) groups excluding carboxylic acids is 2. The summed E-state index contributed by atoms with van der Waals surface area (Å²) in [6.07, 6.45) is 0. The summed E-state index contributed by atoms with van der Waals surface area (Å²) < 4.78 is 0.732. The van der Waals surface area contributed by atoms with Crippen molar-refractivity contribution in [2.75, 3.05) is 11.5 Å². The number of β-lactam (4-membered cyclic amide) rings is 1. The van der Waals surface area contributed by atoms with Gasteiger partial charge in [-0.05, 0) is 30.2 Å². The fourth-order valence-electron chi connectivity index (χ4n) is 3.36. The Morgan fingerprint density at radius 3 is 2.69 bits per heavy atom. The van der Waals surface area contributed by atoms with E-state index < -0.39 is 35.2 Å². The van der Waals surface area contributed by atoms with Crippen LogP contribution in [0, 0.1) is 6.92 Å². The summed E-state index contributed by atoms with van der Waals surface area (Å²) in [5.74, 6) is -1.38. The number of amides is 2. The van der Waals surface area contributed by atoms with Crippen LogP contribution in [0.25, 0.3) is 0 Å². The van der Waals surface area contributed by atoms with Crippen molar-refractivity contribution < 1.29 is 24.6 Å². The zero-order chi connectivity index (χ0) is 23.0. The first kappa shape index (κ1) is 22.6. The highest BCUT2D eigenvalue weighted by Crippen LogP contribution is 2.42. The van der Waals surface area contributed by atoms with Crippen molar-refractivity contribution in [3.8, 4) is 5.75 Å². The summed E-state index contributed by atoms with van der Waals surface area (Å²) in [5.41, 5.74) is 7.05. The Bertz CT molecular complexity index is 1100. The van der Waals surface area contributed by atoms with Crippen LogP contribution >= 0.6 is 34.9 Å². The van der Waals surface area contributed by atoms with Gasteiger partial charge in [0.25, 0.3) is 5.91 Å². The van der Waals surface area contributed by atoms with E-state index in [0.717, 1.165) is 9.35 Å². The van der Waals surface area contributed by atoms with Crippen molar-refractivity contribution in [1.82, 2.24) is 20.4 Å². The maximum atomic E-state index is 12.8. The first-order valence-corrected chi connectivity index (χ1v) is 12.3. The van der Waals surface area contributed by atoms with Gasteiger partial charge in [-0.1, -0.05) is 35.2 Å². The first-order chi connectivity index (χ1) is 15.3. The molecular weight excluding hydrogens is 474 g/mol. The molecule has 0 saturated carbocycles. The number of phenolic OH excluding ortho intramolecular Hbond substituents is 1. The van der Waals surface area contributed by atoms with E-state index in [2.05, 4.69) is 15.5 Å². The number of aliphatic carboxylic acids is 1. The molecule has 2 aliphatic heterocycles. The van der Waals surface area contributed by atoms with Crippen LogP contribution in [0.3, 0.4) is 0 Å². The number of thioether (sulfide) groups is 2. The topological polar surface area (TPSA) is 159 Å². The molecule has 1 aromatic heterocycles. The average molecular weight is 494 g/mol. The quantitative estimate of drug-likeness (QED) is 0.325. The number of aryl methyl sites for hydroxylation is 1. The standard InChI is InChI=1S/C19H19N5O5S3/c1-8-22-23-19(32-8)31-7-10-6-30-17-13(16(27)24(17)14(10)18(28)29)21-15(26)12(20)9-2-4-11(25)5-3-9/h2-5,12-13,17,25H,6-7,20H2,1H3,(H,21,26)(H,28,29)/t12-,13?,17-/m1/s1.